The average Bonchev–Trinajstić information content (AvgIpc) is 3.08. The molecule has 0 heterocycles. The Morgan fingerprint density at radius 2 is 1.65 bits per heavy atom. The topological polar surface area (TPSA) is 52.8 Å². The van der Waals surface area contributed by atoms with Crippen molar-refractivity contribution in [2.75, 3.05) is 0 Å². The zero-order valence-electron chi connectivity index (χ0n) is 18.9. The van der Waals surface area contributed by atoms with Crippen molar-refractivity contribution < 1.29 is 10.3 Å². The van der Waals surface area contributed by atoms with Gasteiger partial charge in [0.15, 0.2) is 0 Å². The molecule has 8 rings (SSSR count). The third kappa shape index (κ3) is 2.50. The van der Waals surface area contributed by atoms with Gasteiger partial charge in [-0.25, -0.2) is 0 Å². The summed E-state index contributed by atoms with van der Waals surface area (Å²) in [5.41, 5.74) is 5.74. The molecular formula is C28H37NO2. The van der Waals surface area contributed by atoms with Gasteiger partial charge < -0.3 is 10.3 Å². The molecule has 6 saturated carbocycles. The molecule has 6 fully saturated rings. The van der Waals surface area contributed by atoms with Crippen LogP contribution >= 0.6 is 0 Å². The van der Waals surface area contributed by atoms with Gasteiger partial charge in [-0.15, -0.1) is 0 Å². The summed E-state index contributed by atoms with van der Waals surface area (Å²) in [5.74, 6) is 5.31. The van der Waals surface area contributed by atoms with Gasteiger partial charge in [0.2, 0.25) is 0 Å². The van der Waals surface area contributed by atoms with E-state index in [-0.39, 0.29) is 10.8 Å². The molecule has 0 aliphatic heterocycles. The van der Waals surface area contributed by atoms with Gasteiger partial charge in [0, 0.05) is 11.0 Å². The molecule has 2 N–H and O–H groups in total. The summed E-state index contributed by atoms with van der Waals surface area (Å²) in [6, 6.07) is 4.70. The van der Waals surface area contributed by atoms with Gasteiger partial charge in [0.1, 0.15) is 5.75 Å². The van der Waals surface area contributed by atoms with Crippen molar-refractivity contribution in [2.24, 2.45) is 40.2 Å². The second-order valence-corrected chi connectivity index (χ2v) is 12.7. The Hall–Kier alpha value is -1.51. The Bertz CT molecular complexity index is 929. The number of oxime groups is 1. The van der Waals surface area contributed by atoms with Crippen LogP contribution in [0.1, 0.15) is 100 Å². The lowest BCUT2D eigenvalue weighted by molar-refractivity contribution is -0.00628. The number of rotatable bonds is 1. The van der Waals surface area contributed by atoms with Crippen LogP contribution in [0.4, 0.5) is 0 Å². The summed E-state index contributed by atoms with van der Waals surface area (Å²) in [7, 11) is 0. The molecule has 4 atom stereocenters. The first kappa shape index (κ1) is 19.0. The second kappa shape index (κ2) is 6.29. The van der Waals surface area contributed by atoms with E-state index in [1.54, 1.807) is 5.56 Å². The Morgan fingerprint density at radius 3 is 2.32 bits per heavy atom. The third-order valence-electron chi connectivity index (χ3n) is 11.3. The number of phenols is 1. The van der Waals surface area contributed by atoms with Crippen LogP contribution in [0.3, 0.4) is 0 Å². The summed E-state index contributed by atoms with van der Waals surface area (Å²) < 4.78 is 0. The Labute approximate surface area is 186 Å². The summed E-state index contributed by atoms with van der Waals surface area (Å²) >= 11 is 0. The van der Waals surface area contributed by atoms with Gasteiger partial charge in [-0.3, -0.25) is 0 Å². The van der Waals surface area contributed by atoms with E-state index in [1.165, 1.54) is 68.9 Å². The predicted molar refractivity (Wildman–Crippen MR) is 122 cm³/mol. The number of fused-ring (bicyclic) bond motifs is 5. The first-order chi connectivity index (χ1) is 15.0. The minimum absolute atomic E-state index is 0.104. The van der Waals surface area contributed by atoms with Crippen LogP contribution in [0.15, 0.2) is 17.3 Å². The van der Waals surface area contributed by atoms with Crippen LogP contribution in [0.5, 0.6) is 5.75 Å². The van der Waals surface area contributed by atoms with Gasteiger partial charge in [-0.1, -0.05) is 18.1 Å². The maximum Gasteiger partial charge on any atom is 0.119 e. The molecule has 3 heteroatoms. The summed E-state index contributed by atoms with van der Waals surface area (Å²) in [6.07, 6.45) is 15.1. The minimum Gasteiger partial charge on any atom is -0.508 e. The molecule has 0 spiro atoms. The van der Waals surface area contributed by atoms with E-state index in [0.29, 0.717) is 23.5 Å². The highest BCUT2D eigenvalue weighted by Gasteiger charge is 2.55. The van der Waals surface area contributed by atoms with Gasteiger partial charge in [-0.2, -0.15) is 0 Å². The van der Waals surface area contributed by atoms with Crippen LogP contribution in [0.25, 0.3) is 0 Å². The fourth-order valence-electron chi connectivity index (χ4n) is 10.4. The quantitative estimate of drug-likeness (QED) is 0.401. The predicted octanol–water partition coefficient (Wildman–Crippen LogP) is 6.55. The number of aryl methyl sites for hydroxylation is 1. The summed E-state index contributed by atoms with van der Waals surface area (Å²) in [5, 5.41) is 24.6. The molecule has 0 radical (unpaired) electrons. The SMILES string of the molecule is CC12CCC3c4cc(C56CC7CC(CC(C7)C5)C6)c(O)cc4CCC3C1CC/C2=N\O. The van der Waals surface area contributed by atoms with Crippen molar-refractivity contribution in [3.63, 3.8) is 0 Å². The molecule has 166 valence electrons. The Morgan fingerprint density at radius 1 is 0.935 bits per heavy atom. The van der Waals surface area contributed by atoms with E-state index < -0.39 is 0 Å². The second-order valence-electron chi connectivity index (χ2n) is 12.7. The molecule has 4 bridgehead atoms. The molecule has 0 amide bonds. The van der Waals surface area contributed by atoms with Gasteiger partial charge in [0.05, 0.1) is 5.71 Å². The average molecular weight is 420 g/mol. The van der Waals surface area contributed by atoms with Crippen molar-refractivity contribution >= 4 is 5.71 Å². The first-order valence-corrected chi connectivity index (χ1v) is 13.1. The van der Waals surface area contributed by atoms with E-state index in [9.17, 15) is 10.3 Å². The maximum atomic E-state index is 11.2. The molecule has 4 unspecified atom stereocenters. The molecule has 0 saturated heterocycles. The zero-order valence-corrected chi connectivity index (χ0v) is 18.9. The van der Waals surface area contributed by atoms with E-state index in [1.807, 2.05) is 0 Å². The fourth-order valence-corrected chi connectivity index (χ4v) is 10.4. The number of aromatic hydroxyl groups is 1. The van der Waals surface area contributed by atoms with Gasteiger partial charge >= 0.3 is 0 Å². The van der Waals surface area contributed by atoms with Gasteiger partial charge in [0.25, 0.3) is 0 Å². The summed E-state index contributed by atoms with van der Waals surface area (Å²) in [6.45, 7) is 2.36. The Kier molecular flexibility index (Phi) is 3.86. The van der Waals surface area contributed by atoms with Crippen LogP contribution in [-0.4, -0.2) is 16.0 Å². The van der Waals surface area contributed by atoms with E-state index in [0.717, 1.165) is 42.7 Å². The highest BCUT2D eigenvalue weighted by atomic mass is 16.4. The first-order valence-electron chi connectivity index (χ1n) is 13.1. The zero-order chi connectivity index (χ0) is 21.0. The maximum absolute atomic E-state index is 11.2. The van der Waals surface area contributed by atoms with Crippen LogP contribution in [0, 0.1) is 35.0 Å². The molecule has 1 aromatic carbocycles. The molecular weight excluding hydrogens is 382 g/mol. The number of hydrogen-bond donors (Lipinski definition) is 2. The molecule has 0 aromatic heterocycles. The highest BCUT2D eigenvalue weighted by Crippen LogP contribution is 2.64. The van der Waals surface area contributed by atoms with Crippen LogP contribution < -0.4 is 0 Å². The third-order valence-corrected chi connectivity index (χ3v) is 11.3. The van der Waals surface area contributed by atoms with Crippen molar-refractivity contribution in [3.05, 3.63) is 28.8 Å². The number of phenolic OH excluding ortho intramolecular Hbond substituents is 1. The fraction of sp³-hybridized carbons (Fsp3) is 0.750. The largest absolute Gasteiger partial charge is 0.508 e. The number of nitrogens with zero attached hydrogens (tertiary/aromatic N) is 1. The molecule has 31 heavy (non-hydrogen) atoms. The number of benzene rings is 1. The molecule has 1 aromatic rings. The highest BCUT2D eigenvalue weighted by molar-refractivity contribution is 5.92. The van der Waals surface area contributed by atoms with Crippen LogP contribution in [0.2, 0.25) is 0 Å². The monoisotopic (exact) mass is 419 g/mol. The van der Waals surface area contributed by atoms with E-state index in [2.05, 4.69) is 24.2 Å². The standard InChI is InChI=1S/C28H37NO2/c1-27-7-6-20-21(23(27)4-5-26(27)29-31)3-2-19-11-25(30)24(12-22(19)20)28-13-16-8-17(14-28)10-18(9-16)15-28/h11-12,16-18,20-21,23,30-31H,2-10,13-15H2,1H3/b29-26+. The van der Waals surface area contributed by atoms with Crippen molar-refractivity contribution in [3.8, 4) is 5.75 Å². The lowest BCUT2D eigenvalue weighted by atomic mass is 9.47. The lowest BCUT2D eigenvalue weighted by Gasteiger charge is -2.57. The van der Waals surface area contributed by atoms with E-state index >= 15 is 0 Å². The molecule has 7 aliphatic carbocycles. The minimum atomic E-state index is 0.104. The number of hydrogen-bond acceptors (Lipinski definition) is 3. The lowest BCUT2D eigenvalue weighted by Crippen LogP contribution is -2.48. The molecule has 3 nitrogen and oxygen atoms in total. The normalized spacial score (nSPS) is 48.5. The van der Waals surface area contributed by atoms with Crippen molar-refractivity contribution in [2.45, 2.75) is 95.3 Å². The van der Waals surface area contributed by atoms with Crippen molar-refractivity contribution in [1.82, 2.24) is 0 Å². The van der Waals surface area contributed by atoms with E-state index in [4.69, 9.17) is 0 Å². The van der Waals surface area contributed by atoms with Crippen LogP contribution in [-0.2, 0) is 11.8 Å². The Balaban J connectivity index is 1.28. The molecule has 7 aliphatic rings. The summed E-state index contributed by atoms with van der Waals surface area (Å²) in [4.78, 5) is 0. The smallest absolute Gasteiger partial charge is 0.119 e. The van der Waals surface area contributed by atoms with Gasteiger partial charge in [-0.05, 0) is 135 Å². The van der Waals surface area contributed by atoms with Crippen molar-refractivity contribution in [1.29, 1.82) is 0 Å².